The summed E-state index contributed by atoms with van der Waals surface area (Å²) in [5.74, 6) is 0.436. The van der Waals surface area contributed by atoms with Crippen molar-refractivity contribution < 1.29 is 18.8 Å². The fraction of sp³-hybridized carbons (Fsp3) is 0.524. The van der Waals surface area contributed by atoms with Crippen LogP contribution in [0.2, 0.25) is 0 Å². The van der Waals surface area contributed by atoms with E-state index in [0.717, 1.165) is 42.3 Å². The molecule has 0 radical (unpaired) electrons. The van der Waals surface area contributed by atoms with Gasteiger partial charge in [0.25, 0.3) is 5.91 Å². The fourth-order valence-corrected chi connectivity index (χ4v) is 3.07. The Labute approximate surface area is 160 Å². The predicted molar refractivity (Wildman–Crippen MR) is 107 cm³/mol. The Morgan fingerprint density at radius 2 is 2.04 bits per heavy atom. The third-order valence-corrected chi connectivity index (χ3v) is 4.38. The molecule has 1 atom stereocenters. The van der Waals surface area contributed by atoms with Crippen LogP contribution in [0.15, 0.2) is 27.4 Å². The van der Waals surface area contributed by atoms with E-state index in [4.69, 9.17) is 9.15 Å². The Morgan fingerprint density at radius 3 is 2.70 bits per heavy atom. The van der Waals surface area contributed by atoms with Crippen LogP contribution >= 0.6 is 0 Å². The molecule has 1 heterocycles. The molecule has 1 amide bonds. The molecule has 0 aliphatic carbocycles. The van der Waals surface area contributed by atoms with Gasteiger partial charge in [-0.25, -0.2) is 4.79 Å². The van der Waals surface area contributed by atoms with Crippen LogP contribution in [0.5, 0.6) is 5.75 Å². The molecule has 6 heteroatoms. The Morgan fingerprint density at radius 1 is 1.30 bits per heavy atom. The van der Waals surface area contributed by atoms with Crippen molar-refractivity contribution in [1.29, 1.82) is 0 Å². The molecule has 27 heavy (non-hydrogen) atoms. The van der Waals surface area contributed by atoms with Crippen molar-refractivity contribution in [3.05, 3.63) is 39.7 Å². The average Bonchev–Trinajstić information content (AvgIpc) is 2.57. The monoisotopic (exact) mass is 375 g/mol. The van der Waals surface area contributed by atoms with Crippen LogP contribution in [0.3, 0.4) is 0 Å². The van der Waals surface area contributed by atoms with Gasteiger partial charge < -0.3 is 19.4 Å². The lowest BCUT2D eigenvalue weighted by molar-refractivity contribution is -0.858. The lowest BCUT2D eigenvalue weighted by atomic mass is 10.0. The summed E-state index contributed by atoms with van der Waals surface area (Å²) in [5.41, 5.74) is 1.94. The van der Waals surface area contributed by atoms with E-state index >= 15 is 0 Å². The molecule has 0 saturated heterocycles. The molecule has 0 bridgehead atoms. The highest BCUT2D eigenvalue weighted by Gasteiger charge is 2.18. The molecule has 0 aliphatic rings. The molecule has 1 aromatic heterocycles. The lowest BCUT2D eigenvalue weighted by Crippen LogP contribution is -3.05. The Balaban J connectivity index is 2.22. The van der Waals surface area contributed by atoms with Gasteiger partial charge in [0.15, 0.2) is 6.10 Å². The van der Waals surface area contributed by atoms with E-state index in [-0.39, 0.29) is 11.5 Å². The zero-order valence-corrected chi connectivity index (χ0v) is 17.0. The summed E-state index contributed by atoms with van der Waals surface area (Å²) >= 11 is 0. The Bertz CT molecular complexity index is 842. The summed E-state index contributed by atoms with van der Waals surface area (Å²) in [6.07, 6.45) is 1.92. The molecule has 2 rings (SSSR count). The molecule has 2 N–H and O–H groups in total. The van der Waals surface area contributed by atoms with Gasteiger partial charge in [0.1, 0.15) is 11.3 Å². The van der Waals surface area contributed by atoms with Crippen molar-refractivity contribution in [3.63, 3.8) is 0 Å². The number of quaternary nitrogens is 1. The van der Waals surface area contributed by atoms with E-state index in [1.54, 1.807) is 6.92 Å². The topological polar surface area (TPSA) is 73.0 Å². The standard InChI is InChI=1S/C21H30N2O4/c1-6-8-16-13-19(24)27-18-12-14(2)11-17(20(16)18)26-15(3)21(25)22-9-7-10-23(4)5/h11-13,15H,6-10H2,1-5H3,(H,22,25)/p+1/t15-/m1/s1. The zero-order chi connectivity index (χ0) is 20.0. The van der Waals surface area contributed by atoms with E-state index in [2.05, 4.69) is 26.3 Å². The van der Waals surface area contributed by atoms with Gasteiger partial charge in [0, 0.05) is 19.0 Å². The highest BCUT2D eigenvalue weighted by atomic mass is 16.5. The van der Waals surface area contributed by atoms with Gasteiger partial charge in [-0.3, -0.25) is 4.79 Å². The van der Waals surface area contributed by atoms with Crippen LogP contribution < -0.4 is 20.6 Å². The van der Waals surface area contributed by atoms with E-state index in [0.29, 0.717) is 17.9 Å². The molecule has 148 valence electrons. The molecule has 0 spiro atoms. The maximum absolute atomic E-state index is 12.4. The third kappa shape index (κ3) is 5.82. The molecule has 2 aromatic rings. The predicted octanol–water partition coefficient (Wildman–Crippen LogP) is 1.47. The summed E-state index contributed by atoms with van der Waals surface area (Å²) < 4.78 is 11.4. The maximum atomic E-state index is 12.4. The summed E-state index contributed by atoms with van der Waals surface area (Å²) in [5, 5.41) is 3.69. The van der Waals surface area contributed by atoms with Gasteiger partial charge in [-0.15, -0.1) is 0 Å². The first-order chi connectivity index (χ1) is 12.8. The molecule has 0 fully saturated rings. The number of amides is 1. The summed E-state index contributed by atoms with van der Waals surface area (Å²) in [6, 6.07) is 5.24. The van der Waals surface area contributed by atoms with Crippen molar-refractivity contribution in [2.45, 2.75) is 46.1 Å². The quantitative estimate of drug-likeness (QED) is 0.514. The Hall–Kier alpha value is -2.34. The number of ether oxygens (including phenoxy) is 1. The largest absolute Gasteiger partial charge is 0.480 e. The summed E-state index contributed by atoms with van der Waals surface area (Å²) in [7, 11) is 4.17. The maximum Gasteiger partial charge on any atom is 0.336 e. The average molecular weight is 375 g/mol. The second kappa shape index (κ2) is 9.55. The molecular formula is C21H31N2O4+. The minimum Gasteiger partial charge on any atom is -0.480 e. The normalized spacial score (nSPS) is 12.4. The number of carbonyl (C=O) groups is 1. The van der Waals surface area contributed by atoms with Gasteiger partial charge in [-0.2, -0.15) is 0 Å². The van der Waals surface area contributed by atoms with Crippen molar-refractivity contribution in [3.8, 4) is 5.75 Å². The molecule has 0 aliphatic heterocycles. The van der Waals surface area contributed by atoms with Crippen LogP contribution in [0.25, 0.3) is 11.0 Å². The minimum atomic E-state index is -0.636. The first-order valence-corrected chi connectivity index (χ1v) is 9.62. The van der Waals surface area contributed by atoms with Gasteiger partial charge in [-0.05, 0) is 43.5 Å². The number of nitrogens with one attached hydrogen (secondary N) is 2. The van der Waals surface area contributed by atoms with Crippen molar-refractivity contribution in [1.82, 2.24) is 5.32 Å². The van der Waals surface area contributed by atoms with E-state index in [1.165, 1.54) is 11.0 Å². The van der Waals surface area contributed by atoms with Crippen LogP contribution in [-0.2, 0) is 11.2 Å². The van der Waals surface area contributed by atoms with Crippen LogP contribution in [0, 0.1) is 6.92 Å². The second-order valence-corrected chi connectivity index (χ2v) is 7.34. The van der Waals surface area contributed by atoms with E-state index in [1.807, 2.05) is 19.1 Å². The van der Waals surface area contributed by atoms with Crippen molar-refractivity contribution in [2.24, 2.45) is 0 Å². The first-order valence-electron chi connectivity index (χ1n) is 9.62. The highest BCUT2D eigenvalue weighted by molar-refractivity contribution is 5.88. The van der Waals surface area contributed by atoms with E-state index < -0.39 is 6.10 Å². The van der Waals surface area contributed by atoms with Gasteiger partial charge in [0.05, 0.1) is 26.0 Å². The lowest BCUT2D eigenvalue weighted by Gasteiger charge is -2.18. The second-order valence-electron chi connectivity index (χ2n) is 7.34. The van der Waals surface area contributed by atoms with Gasteiger partial charge in [0.2, 0.25) is 0 Å². The number of benzene rings is 1. The van der Waals surface area contributed by atoms with Gasteiger partial charge >= 0.3 is 5.63 Å². The van der Waals surface area contributed by atoms with Gasteiger partial charge in [-0.1, -0.05) is 13.3 Å². The number of hydrogen-bond donors (Lipinski definition) is 2. The number of fused-ring (bicyclic) bond motifs is 1. The SMILES string of the molecule is CCCc1cc(=O)oc2cc(C)cc(O[C@H](C)C(=O)NCCC[NH+](C)C)c12. The third-order valence-electron chi connectivity index (χ3n) is 4.38. The van der Waals surface area contributed by atoms with E-state index in [9.17, 15) is 9.59 Å². The molecule has 0 unspecified atom stereocenters. The minimum absolute atomic E-state index is 0.146. The summed E-state index contributed by atoms with van der Waals surface area (Å²) in [6.45, 7) is 7.33. The molecular weight excluding hydrogens is 344 g/mol. The zero-order valence-electron chi connectivity index (χ0n) is 17.0. The first kappa shape index (κ1) is 21.0. The van der Waals surface area contributed by atoms with Crippen molar-refractivity contribution in [2.75, 3.05) is 27.2 Å². The molecule has 6 nitrogen and oxygen atoms in total. The van der Waals surface area contributed by atoms with Crippen molar-refractivity contribution >= 4 is 16.9 Å². The number of carbonyl (C=O) groups excluding carboxylic acids is 1. The smallest absolute Gasteiger partial charge is 0.336 e. The Kier molecular flexibility index (Phi) is 7.42. The van der Waals surface area contributed by atoms with Crippen LogP contribution in [-0.4, -0.2) is 39.2 Å². The molecule has 1 aromatic carbocycles. The molecule has 0 saturated carbocycles. The fourth-order valence-electron chi connectivity index (χ4n) is 3.07. The summed E-state index contributed by atoms with van der Waals surface area (Å²) in [4.78, 5) is 25.6. The number of rotatable bonds is 9. The van der Waals surface area contributed by atoms with Crippen LogP contribution in [0.4, 0.5) is 0 Å². The van der Waals surface area contributed by atoms with Crippen LogP contribution in [0.1, 0.15) is 37.8 Å². The number of hydrogen-bond acceptors (Lipinski definition) is 4. The number of aryl methyl sites for hydroxylation is 2. The highest BCUT2D eigenvalue weighted by Crippen LogP contribution is 2.31.